The lowest BCUT2D eigenvalue weighted by molar-refractivity contribution is -0.132. The molecule has 4 rings (SSSR count). The third-order valence-corrected chi connectivity index (χ3v) is 9.12. The van der Waals surface area contributed by atoms with Gasteiger partial charge < -0.3 is 25.1 Å². The first-order valence-corrected chi connectivity index (χ1v) is 16.7. The van der Waals surface area contributed by atoms with Gasteiger partial charge in [0, 0.05) is 71.0 Å². The van der Waals surface area contributed by atoms with Crippen molar-refractivity contribution in [1.82, 2.24) is 24.9 Å². The summed E-state index contributed by atoms with van der Waals surface area (Å²) < 4.78 is 0. The Hall–Kier alpha value is -4.05. The molecule has 1 aromatic carbocycles. The Morgan fingerprint density at radius 3 is 2.57 bits per heavy atom. The lowest BCUT2D eigenvalue weighted by Crippen LogP contribution is -2.46. The average Bonchev–Trinajstić information content (AvgIpc) is 3.36. The van der Waals surface area contributed by atoms with Gasteiger partial charge in [0.05, 0.1) is 13.1 Å². The smallest absolute Gasteiger partial charge is 0.241 e. The molecule has 1 aromatic rings. The molecule has 2 atom stereocenters. The maximum atomic E-state index is 14.1. The normalized spacial score (nSPS) is 20.4. The van der Waals surface area contributed by atoms with Crippen LogP contribution < -0.4 is 5.32 Å². The number of nitrogens with zero attached hydrogens (tertiary/aromatic N) is 5. The summed E-state index contributed by atoms with van der Waals surface area (Å²) in [6.07, 6.45) is 14.1. The number of benzene rings is 1. The molecule has 0 radical (unpaired) electrons. The van der Waals surface area contributed by atoms with Gasteiger partial charge in [-0.1, -0.05) is 78.9 Å². The van der Waals surface area contributed by atoms with Crippen molar-refractivity contribution in [3.05, 3.63) is 107 Å². The van der Waals surface area contributed by atoms with E-state index in [0.29, 0.717) is 31.5 Å². The minimum absolute atomic E-state index is 0.0191. The predicted molar refractivity (Wildman–Crippen MR) is 191 cm³/mol. The zero-order chi connectivity index (χ0) is 33.9. The second-order valence-corrected chi connectivity index (χ2v) is 12.4. The topological polar surface area (TPSA) is 91.7 Å². The van der Waals surface area contributed by atoms with Gasteiger partial charge in [-0.15, -0.1) is 0 Å². The van der Waals surface area contributed by atoms with Crippen molar-refractivity contribution in [1.29, 1.82) is 0 Å². The maximum absolute atomic E-state index is 14.1. The van der Waals surface area contributed by atoms with E-state index >= 15 is 0 Å². The number of hydrogen-bond donors (Lipinski definition) is 2. The van der Waals surface area contributed by atoms with Crippen LogP contribution in [0, 0.1) is 5.92 Å². The van der Waals surface area contributed by atoms with E-state index in [-0.39, 0.29) is 24.3 Å². The molecule has 9 heteroatoms. The quantitative estimate of drug-likeness (QED) is 0.214. The third kappa shape index (κ3) is 9.50. The first kappa shape index (κ1) is 35.8. The van der Waals surface area contributed by atoms with Crippen LogP contribution in [0.3, 0.4) is 0 Å². The molecular formula is C38H52N6O3. The van der Waals surface area contributed by atoms with Crippen molar-refractivity contribution in [3.8, 4) is 0 Å². The van der Waals surface area contributed by atoms with Crippen LogP contribution in [-0.4, -0.2) is 108 Å². The molecule has 0 spiro atoms. The van der Waals surface area contributed by atoms with E-state index < -0.39 is 6.23 Å². The van der Waals surface area contributed by atoms with Gasteiger partial charge in [-0.2, -0.15) is 0 Å². The molecule has 1 aliphatic carbocycles. The molecule has 2 saturated heterocycles. The van der Waals surface area contributed by atoms with E-state index in [4.69, 9.17) is 0 Å². The monoisotopic (exact) mass is 640 g/mol. The van der Waals surface area contributed by atoms with Gasteiger partial charge >= 0.3 is 0 Å². The fourth-order valence-electron chi connectivity index (χ4n) is 5.99. The molecule has 2 fully saturated rings. The van der Waals surface area contributed by atoms with E-state index in [2.05, 4.69) is 53.0 Å². The number of allylic oxidation sites excluding steroid dienone is 7. The molecule has 2 amide bonds. The first-order valence-electron chi connectivity index (χ1n) is 16.7. The van der Waals surface area contributed by atoms with Crippen LogP contribution in [0.4, 0.5) is 0 Å². The van der Waals surface area contributed by atoms with Crippen molar-refractivity contribution in [2.45, 2.75) is 46.4 Å². The number of aliphatic imine (C=N–C) groups is 1. The Morgan fingerprint density at radius 2 is 1.91 bits per heavy atom. The third-order valence-electron chi connectivity index (χ3n) is 9.12. The Kier molecular flexibility index (Phi) is 13.1. The van der Waals surface area contributed by atoms with E-state index in [1.54, 1.807) is 11.9 Å². The highest BCUT2D eigenvalue weighted by molar-refractivity contribution is 5.98. The zero-order valence-corrected chi connectivity index (χ0v) is 28.8. The molecule has 2 aliphatic heterocycles. The number of carbonyl (C=O) groups excluding carboxylic acids is 2. The van der Waals surface area contributed by atoms with Gasteiger partial charge in [0.15, 0.2) is 0 Å². The fourth-order valence-corrected chi connectivity index (χ4v) is 5.99. The Bertz CT molecular complexity index is 1460. The van der Waals surface area contributed by atoms with Crippen LogP contribution in [0.15, 0.2) is 101 Å². The molecule has 0 bridgehead atoms. The zero-order valence-electron chi connectivity index (χ0n) is 28.8. The van der Waals surface area contributed by atoms with E-state index in [1.807, 2.05) is 73.2 Å². The summed E-state index contributed by atoms with van der Waals surface area (Å²) in [5.41, 5.74) is 5.35. The molecule has 0 saturated carbocycles. The second-order valence-electron chi connectivity index (χ2n) is 12.4. The molecule has 47 heavy (non-hydrogen) atoms. The molecule has 2 heterocycles. The van der Waals surface area contributed by atoms with Gasteiger partial charge in [0.1, 0.15) is 12.1 Å². The molecule has 0 aromatic heterocycles. The highest BCUT2D eigenvalue weighted by Crippen LogP contribution is 2.30. The number of aliphatic hydroxyl groups excluding tert-OH is 1. The number of amidine groups is 1. The Morgan fingerprint density at radius 1 is 1.19 bits per heavy atom. The second kappa shape index (κ2) is 17.2. The van der Waals surface area contributed by atoms with Crippen molar-refractivity contribution >= 4 is 17.6 Å². The largest absolute Gasteiger partial charge is 0.374 e. The number of rotatable bonds is 11. The number of piperazine rings is 1. The summed E-state index contributed by atoms with van der Waals surface area (Å²) in [6.45, 7) is 14.9. The fraction of sp³-hybridized carbons (Fsp3) is 0.447. The van der Waals surface area contributed by atoms with Gasteiger partial charge in [0.25, 0.3) is 0 Å². The van der Waals surface area contributed by atoms with Gasteiger partial charge in [-0.3, -0.25) is 19.5 Å². The van der Waals surface area contributed by atoms with Crippen LogP contribution in [0.5, 0.6) is 0 Å². The maximum Gasteiger partial charge on any atom is 0.241 e. The summed E-state index contributed by atoms with van der Waals surface area (Å²) in [6, 6.07) is 8.20. The highest BCUT2D eigenvalue weighted by Gasteiger charge is 2.33. The van der Waals surface area contributed by atoms with E-state index in [1.165, 1.54) is 0 Å². The molecule has 9 nitrogen and oxygen atoms in total. The predicted octanol–water partition coefficient (Wildman–Crippen LogP) is 4.26. The summed E-state index contributed by atoms with van der Waals surface area (Å²) in [4.78, 5) is 39.2. The van der Waals surface area contributed by atoms with Crippen LogP contribution in [0.25, 0.3) is 0 Å². The minimum Gasteiger partial charge on any atom is -0.374 e. The standard InChI is InChI=1S/C38H52N6O3/c1-7-28(3)12-13-29(4)38(47)43-26-33-11-9-10-30(16-19-35(45)42-22-20-40-21-23-42)24-34(33)44(36(46)27-43)25-31-14-17-32(18-15-31)37(39-5)41(6)8-2/h7,9-15,17-18,24,30,38,40,47H,4,8,16,19-23,25-27H2,1-3,5-6H3/b13-12-,28-7-,39-37?. The van der Waals surface area contributed by atoms with Gasteiger partial charge in [0.2, 0.25) is 11.8 Å². The van der Waals surface area contributed by atoms with Crippen LogP contribution in [-0.2, 0) is 16.1 Å². The van der Waals surface area contributed by atoms with E-state index in [9.17, 15) is 14.7 Å². The average molecular weight is 641 g/mol. The van der Waals surface area contributed by atoms with Crippen LogP contribution in [0.2, 0.25) is 0 Å². The van der Waals surface area contributed by atoms with Gasteiger partial charge in [-0.05, 0) is 49.8 Å². The lowest BCUT2D eigenvalue weighted by atomic mass is 9.99. The summed E-state index contributed by atoms with van der Waals surface area (Å²) in [7, 11) is 3.82. The number of amides is 2. The molecule has 2 unspecified atom stereocenters. The van der Waals surface area contributed by atoms with Crippen LogP contribution >= 0.6 is 0 Å². The van der Waals surface area contributed by atoms with Crippen molar-refractivity contribution < 1.29 is 14.7 Å². The molecule has 3 aliphatic rings. The Labute approximate surface area is 281 Å². The lowest BCUT2D eigenvalue weighted by Gasteiger charge is -2.28. The molecule has 2 N–H and O–H groups in total. The SMILES string of the molecule is C=C(/C=C\C(C)=C/C)C(O)N1CC(=O)N(Cc2ccc(C(=NC)N(C)CC)cc2)C2=CC(CCC(=O)N3CCNCC3)C=CC=C2C1. The number of carbonyl (C=O) groups is 2. The first-order chi connectivity index (χ1) is 22.6. The van der Waals surface area contributed by atoms with Crippen LogP contribution in [0.1, 0.15) is 44.7 Å². The summed E-state index contributed by atoms with van der Waals surface area (Å²) in [5, 5.41) is 14.7. The Balaban J connectivity index is 1.62. The summed E-state index contributed by atoms with van der Waals surface area (Å²) >= 11 is 0. The number of fused-ring (bicyclic) bond motifs is 1. The minimum atomic E-state index is -1.02. The summed E-state index contributed by atoms with van der Waals surface area (Å²) in [5.74, 6) is 0.953. The highest BCUT2D eigenvalue weighted by atomic mass is 16.3. The van der Waals surface area contributed by atoms with Crippen molar-refractivity contribution in [2.24, 2.45) is 10.9 Å². The van der Waals surface area contributed by atoms with Gasteiger partial charge in [-0.25, -0.2) is 0 Å². The van der Waals surface area contributed by atoms with E-state index in [0.717, 1.165) is 66.5 Å². The molecular weight excluding hydrogens is 588 g/mol. The number of nitrogens with one attached hydrogen (secondary N) is 1. The number of aliphatic hydroxyl groups is 1. The van der Waals surface area contributed by atoms with Crippen molar-refractivity contribution in [3.63, 3.8) is 0 Å². The number of hydrogen-bond acceptors (Lipinski definition) is 6. The van der Waals surface area contributed by atoms with Crippen molar-refractivity contribution in [2.75, 3.05) is 59.9 Å². The molecule has 252 valence electrons.